The van der Waals surface area contributed by atoms with Crippen LogP contribution in [0.2, 0.25) is 0 Å². The predicted octanol–water partition coefficient (Wildman–Crippen LogP) is 3.98. The molecular formula is C13H8N2O3S. The van der Waals surface area contributed by atoms with Crippen LogP contribution in [0.3, 0.4) is 0 Å². The minimum absolute atomic E-state index is 0.0494. The number of non-ortho nitro benzene ring substituents is 1. The largest absolute Gasteiger partial charge is 0.436 e. The van der Waals surface area contributed by atoms with Crippen molar-refractivity contribution in [2.75, 3.05) is 0 Å². The van der Waals surface area contributed by atoms with Crippen LogP contribution in [0.1, 0.15) is 0 Å². The Morgan fingerprint density at radius 3 is 2.58 bits per heavy atom. The molecule has 0 atom stereocenters. The molecule has 0 fully saturated rings. The van der Waals surface area contributed by atoms with Gasteiger partial charge in [0.05, 0.1) is 11.1 Å². The monoisotopic (exact) mass is 272 g/mol. The number of hydrogen-bond acceptors (Lipinski definition) is 5. The summed E-state index contributed by atoms with van der Waals surface area (Å²) in [5, 5.41) is 14.5. The first-order valence-corrected chi connectivity index (χ1v) is 6.41. The first-order valence-electron chi connectivity index (χ1n) is 5.47. The first-order chi connectivity index (χ1) is 9.24. The molecule has 0 aliphatic carbocycles. The lowest BCUT2D eigenvalue weighted by molar-refractivity contribution is -0.384. The molecular weight excluding hydrogens is 264 g/mol. The standard InChI is InChI=1S/C13H8N2O3S/c16-15(17)11-3-1-9(2-4-11)13-14-7-12(18-13)10-5-6-19-8-10/h1-8H. The van der Waals surface area contributed by atoms with E-state index in [0.717, 1.165) is 5.56 Å². The highest BCUT2D eigenvalue weighted by Crippen LogP contribution is 2.28. The fourth-order valence-corrected chi connectivity index (χ4v) is 2.32. The molecule has 0 bridgehead atoms. The smallest absolute Gasteiger partial charge is 0.269 e. The number of thiophene rings is 1. The number of hydrogen-bond donors (Lipinski definition) is 0. The predicted molar refractivity (Wildman–Crippen MR) is 71.9 cm³/mol. The van der Waals surface area contributed by atoms with Crippen molar-refractivity contribution in [3.05, 3.63) is 57.4 Å². The van der Waals surface area contributed by atoms with Crippen molar-refractivity contribution >= 4 is 17.0 Å². The molecule has 0 unspecified atom stereocenters. The van der Waals surface area contributed by atoms with E-state index in [1.54, 1.807) is 29.7 Å². The Balaban J connectivity index is 1.92. The summed E-state index contributed by atoms with van der Waals surface area (Å²) in [6.07, 6.45) is 1.65. The second-order valence-electron chi connectivity index (χ2n) is 3.85. The van der Waals surface area contributed by atoms with Gasteiger partial charge in [-0.05, 0) is 23.6 Å². The van der Waals surface area contributed by atoms with Crippen LogP contribution in [0, 0.1) is 10.1 Å². The minimum Gasteiger partial charge on any atom is -0.436 e. The molecule has 0 aliphatic rings. The second kappa shape index (κ2) is 4.66. The Kier molecular flexibility index (Phi) is 2.85. The minimum atomic E-state index is -0.434. The van der Waals surface area contributed by atoms with Gasteiger partial charge >= 0.3 is 0 Å². The summed E-state index contributed by atoms with van der Waals surface area (Å²) < 4.78 is 5.64. The van der Waals surface area contributed by atoms with Crippen molar-refractivity contribution in [1.29, 1.82) is 0 Å². The van der Waals surface area contributed by atoms with Gasteiger partial charge in [0.15, 0.2) is 5.76 Å². The van der Waals surface area contributed by atoms with Gasteiger partial charge in [-0.2, -0.15) is 11.3 Å². The number of nitro benzene ring substituents is 1. The number of benzene rings is 1. The van der Waals surface area contributed by atoms with Crippen molar-refractivity contribution in [3.8, 4) is 22.8 Å². The summed E-state index contributed by atoms with van der Waals surface area (Å²) in [5.41, 5.74) is 1.74. The highest BCUT2D eigenvalue weighted by atomic mass is 32.1. The molecule has 0 saturated heterocycles. The summed E-state index contributed by atoms with van der Waals surface area (Å²) >= 11 is 1.58. The van der Waals surface area contributed by atoms with Gasteiger partial charge in [-0.25, -0.2) is 4.98 Å². The average molecular weight is 272 g/mol. The van der Waals surface area contributed by atoms with Crippen LogP contribution in [0.25, 0.3) is 22.8 Å². The van der Waals surface area contributed by atoms with Crippen LogP contribution < -0.4 is 0 Å². The van der Waals surface area contributed by atoms with Crippen LogP contribution in [0.15, 0.2) is 51.7 Å². The van der Waals surface area contributed by atoms with E-state index in [1.807, 2.05) is 16.8 Å². The van der Waals surface area contributed by atoms with Crippen molar-refractivity contribution < 1.29 is 9.34 Å². The van der Waals surface area contributed by atoms with Gasteiger partial charge in [0, 0.05) is 28.6 Å². The summed E-state index contributed by atoms with van der Waals surface area (Å²) in [5.74, 6) is 1.14. The average Bonchev–Trinajstić information content (AvgIpc) is 3.10. The van der Waals surface area contributed by atoms with Crippen LogP contribution in [0.4, 0.5) is 5.69 Å². The molecule has 1 aromatic carbocycles. The summed E-state index contributed by atoms with van der Waals surface area (Å²) in [4.78, 5) is 14.3. The molecule has 0 N–H and O–H groups in total. The fraction of sp³-hybridized carbons (Fsp3) is 0. The molecule has 3 aromatic rings. The molecule has 94 valence electrons. The molecule has 0 radical (unpaired) electrons. The summed E-state index contributed by atoms with van der Waals surface area (Å²) in [6, 6.07) is 8.07. The van der Waals surface area contributed by atoms with Crippen molar-refractivity contribution in [2.24, 2.45) is 0 Å². The first kappa shape index (κ1) is 11.6. The number of aromatic nitrogens is 1. The third kappa shape index (κ3) is 2.25. The van der Waals surface area contributed by atoms with Gasteiger partial charge in [0.25, 0.3) is 5.69 Å². The van der Waals surface area contributed by atoms with Crippen LogP contribution in [0.5, 0.6) is 0 Å². The lowest BCUT2D eigenvalue weighted by Crippen LogP contribution is -1.87. The number of nitro groups is 1. The summed E-state index contributed by atoms with van der Waals surface area (Å²) in [7, 11) is 0. The third-order valence-electron chi connectivity index (χ3n) is 2.64. The van der Waals surface area contributed by atoms with E-state index >= 15 is 0 Å². The van der Waals surface area contributed by atoms with Gasteiger partial charge < -0.3 is 4.42 Å². The molecule has 0 spiro atoms. The van der Waals surface area contributed by atoms with Crippen molar-refractivity contribution in [3.63, 3.8) is 0 Å². The maximum atomic E-state index is 10.6. The molecule has 0 amide bonds. The highest BCUT2D eigenvalue weighted by Gasteiger charge is 2.10. The van der Waals surface area contributed by atoms with Crippen LogP contribution >= 0.6 is 11.3 Å². The molecule has 19 heavy (non-hydrogen) atoms. The normalized spacial score (nSPS) is 10.5. The van der Waals surface area contributed by atoms with E-state index in [4.69, 9.17) is 4.42 Å². The van der Waals surface area contributed by atoms with Gasteiger partial charge in [-0.1, -0.05) is 0 Å². The molecule has 0 saturated carbocycles. The van der Waals surface area contributed by atoms with E-state index < -0.39 is 4.92 Å². The van der Waals surface area contributed by atoms with Gasteiger partial charge in [-0.15, -0.1) is 0 Å². The molecule has 2 heterocycles. The maximum Gasteiger partial charge on any atom is 0.269 e. The van der Waals surface area contributed by atoms with Gasteiger partial charge in [-0.3, -0.25) is 10.1 Å². The topological polar surface area (TPSA) is 69.2 Å². The molecule has 3 rings (SSSR count). The van der Waals surface area contributed by atoms with Crippen molar-refractivity contribution in [1.82, 2.24) is 4.98 Å². The van der Waals surface area contributed by atoms with E-state index in [1.165, 1.54) is 12.1 Å². The zero-order chi connectivity index (χ0) is 13.2. The fourth-order valence-electron chi connectivity index (χ4n) is 1.67. The molecule has 5 nitrogen and oxygen atoms in total. The third-order valence-corrected chi connectivity index (χ3v) is 3.32. The number of nitrogens with zero attached hydrogens (tertiary/aromatic N) is 2. The Bertz CT molecular complexity index is 702. The van der Waals surface area contributed by atoms with E-state index in [9.17, 15) is 10.1 Å². The van der Waals surface area contributed by atoms with Crippen LogP contribution in [-0.2, 0) is 0 Å². The zero-order valence-electron chi connectivity index (χ0n) is 9.65. The number of rotatable bonds is 3. The second-order valence-corrected chi connectivity index (χ2v) is 4.63. The number of oxazole rings is 1. The lowest BCUT2D eigenvalue weighted by Gasteiger charge is -1.95. The maximum absolute atomic E-state index is 10.6. The highest BCUT2D eigenvalue weighted by molar-refractivity contribution is 7.08. The van der Waals surface area contributed by atoms with E-state index in [0.29, 0.717) is 17.2 Å². The summed E-state index contributed by atoms with van der Waals surface area (Å²) in [6.45, 7) is 0. The lowest BCUT2D eigenvalue weighted by atomic mass is 10.2. The quantitative estimate of drug-likeness (QED) is 0.534. The molecule has 2 aromatic heterocycles. The Hall–Kier alpha value is -2.47. The van der Waals surface area contributed by atoms with E-state index in [-0.39, 0.29) is 5.69 Å². The van der Waals surface area contributed by atoms with Gasteiger partial charge in [0.2, 0.25) is 5.89 Å². The molecule has 6 heteroatoms. The molecule has 0 aliphatic heterocycles. The van der Waals surface area contributed by atoms with Crippen LogP contribution in [-0.4, -0.2) is 9.91 Å². The van der Waals surface area contributed by atoms with Crippen molar-refractivity contribution in [2.45, 2.75) is 0 Å². The zero-order valence-corrected chi connectivity index (χ0v) is 10.5. The Labute approximate surface area is 112 Å². The SMILES string of the molecule is O=[N+]([O-])c1ccc(-c2ncc(-c3ccsc3)o2)cc1. The van der Waals surface area contributed by atoms with Gasteiger partial charge in [0.1, 0.15) is 0 Å². The Morgan fingerprint density at radius 1 is 1.16 bits per heavy atom. The van der Waals surface area contributed by atoms with E-state index in [2.05, 4.69) is 4.98 Å². The Morgan fingerprint density at radius 2 is 1.95 bits per heavy atom.